The Morgan fingerprint density at radius 2 is 1.51 bits per heavy atom. The number of amides is 4. The third kappa shape index (κ3) is 13.0. The summed E-state index contributed by atoms with van der Waals surface area (Å²) in [5.74, 6) is -5.00. The quantitative estimate of drug-likeness (QED) is 0.0925. The van der Waals surface area contributed by atoms with E-state index in [1.807, 2.05) is 30.3 Å². The second-order valence-electron chi connectivity index (χ2n) is 9.33. The number of carboxylic acids is 1. The van der Waals surface area contributed by atoms with Gasteiger partial charge in [-0.25, -0.2) is 0 Å². The molecule has 0 aliphatic carbocycles. The van der Waals surface area contributed by atoms with E-state index in [0.29, 0.717) is 19.4 Å². The van der Waals surface area contributed by atoms with E-state index in [1.54, 1.807) is 0 Å². The van der Waals surface area contributed by atoms with Crippen molar-refractivity contribution in [3.05, 3.63) is 35.9 Å². The van der Waals surface area contributed by atoms with Gasteiger partial charge in [-0.15, -0.1) is 0 Å². The van der Waals surface area contributed by atoms with Crippen molar-refractivity contribution in [3.8, 4) is 0 Å². The van der Waals surface area contributed by atoms with Gasteiger partial charge in [0.25, 0.3) is 5.91 Å². The van der Waals surface area contributed by atoms with Crippen LogP contribution in [0.15, 0.2) is 30.3 Å². The number of nitrogens with two attached hydrogens (primary N) is 2. The van der Waals surface area contributed by atoms with Gasteiger partial charge in [0.05, 0.1) is 12.1 Å². The van der Waals surface area contributed by atoms with E-state index in [9.17, 15) is 28.8 Å². The van der Waals surface area contributed by atoms with Crippen molar-refractivity contribution < 1.29 is 33.9 Å². The molecule has 0 radical (unpaired) electrons. The van der Waals surface area contributed by atoms with Crippen molar-refractivity contribution in [2.24, 2.45) is 11.5 Å². The molecule has 0 saturated heterocycles. The number of hydrogen-bond donors (Lipinski definition) is 6. The molecule has 4 amide bonds. The minimum atomic E-state index is -1.24. The zero-order chi connectivity index (χ0) is 29.4. The number of carbonyl (C=O) groups excluding carboxylic acids is 5. The standard InChI is InChI=1S/C26H40N6O7/c1-32(2)26(39)20(11-13-21(28)33)31-25(38)23(36)18(10-6-7-15-27)30-24(37)19(12-14-22(34)35)29-16-17-8-4-3-5-9-17/h3-5,8-9,18-20,29H,6-7,10-16,27H2,1-2H3,(H2,28,33)(H,30,37)(H,31,38)(H,34,35)/t18-,19?,20-/m0/s1. The van der Waals surface area contributed by atoms with Crippen molar-refractivity contribution in [1.82, 2.24) is 20.9 Å². The van der Waals surface area contributed by atoms with Gasteiger partial charge in [0.1, 0.15) is 6.04 Å². The normalized spacial score (nSPS) is 13.0. The molecule has 0 heterocycles. The Labute approximate surface area is 228 Å². The van der Waals surface area contributed by atoms with Crippen LogP contribution >= 0.6 is 0 Å². The summed E-state index contributed by atoms with van der Waals surface area (Å²) in [6.07, 6.45) is 0.448. The largest absolute Gasteiger partial charge is 0.481 e. The first-order valence-corrected chi connectivity index (χ1v) is 12.8. The number of ketones is 1. The number of rotatable bonds is 19. The second-order valence-corrected chi connectivity index (χ2v) is 9.33. The van der Waals surface area contributed by atoms with Crippen LogP contribution in [0.5, 0.6) is 0 Å². The first-order chi connectivity index (χ1) is 18.5. The summed E-state index contributed by atoms with van der Waals surface area (Å²) < 4.78 is 0. The highest BCUT2D eigenvalue weighted by Crippen LogP contribution is 2.08. The Bertz CT molecular complexity index is 986. The molecular weight excluding hydrogens is 508 g/mol. The third-order valence-electron chi connectivity index (χ3n) is 5.89. The predicted octanol–water partition coefficient (Wildman–Crippen LogP) is -0.969. The number of aliphatic carboxylic acids is 1. The molecule has 13 nitrogen and oxygen atoms in total. The van der Waals surface area contributed by atoms with Crippen LogP contribution < -0.4 is 27.4 Å². The van der Waals surface area contributed by atoms with Gasteiger partial charge < -0.3 is 37.4 Å². The van der Waals surface area contributed by atoms with Gasteiger partial charge in [0, 0.05) is 33.5 Å². The van der Waals surface area contributed by atoms with Crippen LogP contribution in [0.25, 0.3) is 0 Å². The van der Waals surface area contributed by atoms with Gasteiger partial charge >= 0.3 is 5.97 Å². The number of nitrogens with one attached hydrogen (secondary N) is 3. The number of nitrogens with zero attached hydrogens (tertiary/aromatic N) is 1. The lowest BCUT2D eigenvalue weighted by atomic mass is 10.0. The van der Waals surface area contributed by atoms with E-state index >= 15 is 0 Å². The van der Waals surface area contributed by atoms with Crippen molar-refractivity contribution in [2.75, 3.05) is 20.6 Å². The first-order valence-electron chi connectivity index (χ1n) is 12.8. The maximum Gasteiger partial charge on any atom is 0.303 e. The third-order valence-corrected chi connectivity index (χ3v) is 5.89. The van der Waals surface area contributed by atoms with Crippen molar-refractivity contribution in [1.29, 1.82) is 0 Å². The molecule has 1 unspecified atom stereocenters. The molecule has 0 aromatic heterocycles. The molecule has 13 heteroatoms. The van der Waals surface area contributed by atoms with Crippen LogP contribution in [0.1, 0.15) is 50.5 Å². The summed E-state index contributed by atoms with van der Waals surface area (Å²) in [6, 6.07) is 5.82. The SMILES string of the molecule is CN(C)C(=O)[C@H](CCC(N)=O)NC(=O)C(=O)[C@H](CCCCN)NC(=O)C(CCC(=O)O)NCc1ccccc1. The highest BCUT2D eigenvalue weighted by molar-refractivity contribution is 6.38. The molecule has 0 saturated carbocycles. The number of unbranched alkanes of at least 4 members (excludes halogenated alkanes) is 1. The maximum atomic E-state index is 13.2. The van der Waals surface area contributed by atoms with Crippen LogP contribution in [0.3, 0.4) is 0 Å². The minimum absolute atomic E-state index is 0.0452. The molecule has 0 fully saturated rings. The molecule has 0 spiro atoms. The molecule has 1 aromatic rings. The lowest BCUT2D eigenvalue weighted by molar-refractivity contribution is -0.143. The summed E-state index contributed by atoms with van der Waals surface area (Å²) in [5.41, 5.74) is 11.6. The number of hydrogen-bond acceptors (Lipinski definition) is 8. The molecule has 1 aromatic carbocycles. The summed E-state index contributed by atoms with van der Waals surface area (Å²) >= 11 is 0. The smallest absolute Gasteiger partial charge is 0.303 e. The van der Waals surface area contributed by atoms with Crippen LogP contribution in [0.2, 0.25) is 0 Å². The monoisotopic (exact) mass is 548 g/mol. The molecule has 216 valence electrons. The van der Waals surface area contributed by atoms with Gasteiger partial charge in [-0.3, -0.25) is 28.8 Å². The van der Waals surface area contributed by atoms with Gasteiger partial charge in [-0.2, -0.15) is 0 Å². The van der Waals surface area contributed by atoms with Crippen molar-refractivity contribution in [3.63, 3.8) is 0 Å². The van der Waals surface area contributed by atoms with Gasteiger partial charge in [-0.1, -0.05) is 30.3 Å². The zero-order valence-electron chi connectivity index (χ0n) is 22.5. The summed E-state index contributed by atoms with van der Waals surface area (Å²) in [7, 11) is 2.92. The highest BCUT2D eigenvalue weighted by atomic mass is 16.4. The van der Waals surface area contributed by atoms with E-state index in [1.165, 1.54) is 19.0 Å². The average molecular weight is 549 g/mol. The summed E-state index contributed by atoms with van der Waals surface area (Å²) in [5, 5.41) is 17.1. The second kappa shape index (κ2) is 17.6. The topological polar surface area (TPSA) is 214 Å². The Morgan fingerprint density at radius 1 is 0.872 bits per heavy atom. The average Bonchev–Trinajstić information content (AvgIpc) is 2.89. The van der Waals surface area contributed by atoms with Crippen molar-refractivity contribution in [2.45, 2.75) is 69.6 Å². The van der Waals surface area contributed by atoms with Gasteiger partial charge in [-0.05, 0) is 44.2 Å². The fourth-order valence-corrected chi connectivity index (χ4v) is 3.71. The molecule has 0 aliphatic heterocycles. The Balaban J connectivity index is 3.04. The Kier molecular flexibility index (Phi) is 15.0. The predicted molar refractivity (Wildman–Crippen MR) is 143 cm³/mol. The summed E-state index contributed by atoms with van der Waals surface area (Å²) in [6.45, 7) is 0.618. The molecular formula is C26H40N6O7. The molecule has 8 N–H and O–H groups in total. The van der Waals surface area contributed by atoms with Crippen LogP contribution in [0.4, 0.5) is 0 Å². The zero-order valence-corrected chi connectivity index (χ0v) is 22.5. The van der Waals surface area contributed by atoms with Gasteiger partial charge in [0.2, 0.25) is 23.5 Å². The van der Waals surface area contributed by atoms with Crippen LogP contribution in [-0.2, 0) is 35.3 Å². The van der Waals surface area contributed by atoms with E-state index in [2.05, 4.69) is 16.0 Å². The van der Waals surface area contributed by atoms with Crippen molar-refractivity contribution >= 4 is 35.4 Å². The number of carbonyl (C=O) groups is 6. The number of carboxylic acid groups (broad SMARTS) is 1. The van der Waals surface area contributed by atoms with Crippen LogP contribution in [-0.4, -0.2) is 84.2 Å². The fraction of sp³-hybridized carbons (Fsp3) is 0.538. The highest BCUT2D eigenvalue weighted by Gasteiger charge is 2.32. The molecule has 3 atom stereocenters. The number of likely N-dealkylation sites (N-methyl/N-ethyl adjacent to an activating group) is 1. The fourth-order valence-electron chi connectivity index (χ4n) is 3.71. The lowest BCUT2D eigenvalue weighted by Crippen LogP contribution is -2.55. The number of Topliss-reactive ketones (excluding diaryl/α,β-unsaturated/α-hetero) is 1. The Morgan fingerprint density at radius 3 is 2.08 bits per heavy atom. The lowest BCUT2D eigenvalue weighted by Gasteiger charge is -2.24. The first kappa shape index (κ1) is 33.2. The molecule has 1 rings (SSSR count). The van der Waals surface area contributed by atoms with E-state index in [0.717, 1.165) is 5.56 Å². The number of benzene rings is 1. The van der Waals surface area contributed by atoms with Gasteiger partial charge in [0.15, 0.2) is 0 Å². The van der Waals surface area contributed by atoms with E-state index < -0.39 is 53.5 Å². The number of primary amides is 1. The van der Waals surface area contributed by atoms with E-state index in [-0.39, 0.29) is 38.6 Å². The molecule has 0 aliphatic rings. The Hall–Kier alpha value is -3.84. The van der Waals surface area contributed by atoms with E-state index in [4.69, 9.17) is 16.6 Å². The summed E-state index contributed by atoms with van der Waals surface area (Å²) in [4.78, 5) is 75.2. The van der Waals surface area contributed by atoms with Crippen LogP contribution in [0, 0.1) is 0 Å². The minimum Gasteiger partial charge on any atom is -0.481 e. The molecule has 39 heavy (non-hydrogen) atoms. The molecule has 0 bridgehead atoms. The maximum absolute atomic E-state index is 13.2.